The summed E-state index contributed by atoms with van der Waals surface area (Å²) in [6.45, 7) is 6.97. The van der Waals surface area contributed by atoms with Gasteiger partial charge in [0.1, 0.15) is 0 Å². The van der Waals surface area contributed by atoms with Crippen LogP contribution in [0, 0.1) is 11.8 Å². The Kier molecular flexibility index (Phi) is 6.33. The van der Waals surface area contributed by atoms with E-state index < -0.39 is 0 Å². The minimum absolute atomic E-state index is 0.138. The summed E-state index contributed by atoms with van der Waals surface area (Å²) < 4.78 is 2.29. The number of hydrogen-bond acceptors (Lipinski definition) is 2. The van der Waals surface area contributed by atoms with E-state index in [-0.39, 0.29) is 17.3 Å². The molecule has 104 valence electrons. The van der Waals surface area contributed by atoms with E-state index in [1.54, 1.807) is 4.88 Å². The standard InChI is InChI=1S/C15H28NOS/c1-12(2)6-7-14-8-9-18(16(4)5)15(14)10-13(3)11-17/h8-9,12-13,17H,6-7,10-11H2,1-5H3/q+1. The Labute approximate surface area is 115 Å². The predicted octanol–water partition coefficient (Wildman–Crippen LogP) is 3.39. The predicted molar refractivity (Wildman–Crippen MR) is 82.1 cm³/mol. The molecule has 2 nitrogen and oxygen atoms in total. The monoisotopic (exact) mass is 270 g/mol. The van der Waals surface area contributed by atoms with Crippen molar-refractivity contribution < 1.29 is 5.11 Å². The molecule has 0 spiro atoms. The number of nitrogens with zero attached hydrogens (tertiary/aromatic N) is 1. The highest BCUT2D eigenvalue weighted by molar-refractivity contribution is 7.32. The SMILES string of the molecule is CC(C)CCc1cc[s+](N(C)C)c1CC(C)CO. The highest BCUT2D eigenvalue weighted by atomic mass is 32.2. The molecule has 1 aromatic heterocycles. The molecule has 2 unspecified atom stereocenters. The van der Waals surface area contributed by atoms with E-state index in [0.717, 1.165) is 12.3 Å². The summed E-state index contributed by atoms with van der Waals surface area (Å²) in [6.07, 6.45) is 3.46. The second-order valence-corrected chi connectivity index (χ2v) is 7.93. The first-order valence-electron chi connectivity index (χ1n) is 6.87. The summed E-state index contributed by atoms with van der Waals surface area (Å²) in [5, 5.41) is 11.6. The van der Waals surface area contributed by atoms with E-state index >= 15 is 0 Å². The van der Waals surface area contributed by atoms with E-state index in [4.69, 9.17) is 0 Å². The van der Waals surface area contributed by atoms with Crippen molar-refractivity contribution >= 4 is 10.7 Å². The molecule has 0 saturated heterocycles. The molecular formula is C15H28NOS+. The maximum Gasteiger partial charge on any atom is 0.175 e. The number of thiophene rings is 1. The van der Waals surface area contributed by atoms with Gasteiger partial charge in [0.15, 0.2) is 10.3 Å². The van der Waals surface area contributed by atoms with Crippen LogP contribution in [0.3, 0.4) is 0 Å². The normalized spacial score (nSPS) is 14.6. The molecule has 18 heavy (non-hydrogen) atoms. The lowest BCUT2D eigenvalue weighted by Crippen LogP contribution is -2.11. The van der Waals surface area contributed by atoms with Gasteiger partial charge in [-0.3, -0.25) is 0 Å². The van der Waals surface area contributed by atoms with Crippen molar-refractivity contribution in [2.24, 2.45) is 11.8 Å². The van der Waals surface area contributed by atoms with Crippen LogP contribution in [0.4, 0.5) is 0 Å². The number of aryl methyl sites for hydroxylation is 1. The van der Waals surface area contributed by atoms with Crippen LogP contribution in [0.1, 0.15) is 37.6 Å². The molecule has 0 amide bonds. The van der Waals surface area contributed by atoms with Crippen LogP contribution in [-0.4, -0.2) is 25.8 Å². The summed E-state index contributed by atoms with van der Waals surface area (Å²) >= 11 is 0. The molecule has 0 aliphatic heterocycles. The first-order chi connectivity index (χ1) is 8.45. The molecule has 0 fully saturated rings. The maximum atomic E-state index is 9.27. The van der Waals surface area contributed by atoms with Crippen molar-refractivity contribution in [2.75, 3.05) is 25.0 Å². The molecule has 3 heteroatoms. The van der Waals surface area contributed by atoms with Crippen molar-refractivity contribution in [3.63, 3.8) is 0 Å². The molecule has 1 aromatic rings. The third-order valence-corrected chi connectivity index (χ3v) is 5.35. The Morgan fingerprint density at radius 1 is 1.28 bits per heavy atom. The molecule has 0 aromatic carbocycles. The second-order valence-electron chi connectivity index (χ2n) is 5.80. The summed E-state index contributed by atoms with van der Waals surface area (Å²) in [6, 6.07) is 2.31. The van der Waals surface area contributed by atoms with Gasteiger partial charge in [-0.25, -0.2) is 0 Å². The van der Waals surface area contributed by atoms with Gasteiger partial charge in [0.05, 0.1) is 10.7 Å². The van der Waals surface area contributed by atoms with Crippen molar-refractivity contribution in [1.82, 2.24) is 0 Å². The van der Waals surface area contributed by atoms with Crippen LogP contribution in [0.15, 0.2) is 11.4 Å². The topological polar surface area (TPSA) is 23.5 Å². The smallest absolute Gasteiger partial charge is 0.175 e. The molecule has 0 bridgehead atoms. The first-order valence-corrected chi connectivity index (χ1v) is 8.11. The number of aliphatic hydroxyl groups is 1. The Balaban J connectivity index is 2.88. The lowest BCUT2D eigenvalue weighted by molar-refractivity contribution is 0.237. The highest BCUT2D eigenvalue weighted by Gasteiger charge is 2.23. The molecular weight excluding hydrogens is 242 g/mol. The second kappa shape index (κ2) is 7.27. The summed E-state index contributed by atoms with van der Waals surface area (Å²) in [5.74, 6) is 1.12. The average molecular weight is 270 g/mol. The Morgan fingerprint density at radius 2 is 1.94 bits per heavy atom. The number of rotatable bonds is 7. The molecule has 0 aliphatic rings. The van der Waals surface area contributed by atoms with Crippen LogP contribution in [-0.2, 0) is 12.8 Å². The van der Waals surface area contributed by atoms with Gasteiger partial charge in [-0.2, -0.15) is 0 Å². The fourth-order valence-electron chi connectivity index (χ4n) is 2.06. The highest BCUT2D eigenvalue weighted by Crippen LogP contribution is 2.32. The van der Waals surface area contributed by atoms with Crippen molar-refractivity contribution in [3.8, 4) is 0 Å². The van der Waals surface area contributed by atoms with E-state index in [9.17, 15) is 5.11 Å². The van der Waals surface area contributed by atoms with Crippen LogP contribution < -0.4 is 4.31 Å². The lowest BCUT2D eigenvalue weighted by atomic mass is 10.00. The van der Waals surface area contributed by atoms with Gasteiger partial charge in [0.25, 0.3) is 0 Å². The fraction of sp³-hybridized carbons (Fsp3) is 0.733. The van der Waals surface area contributed by atoms with E-state index in [0.29, 0.717) is 5.92 Å². The molecule has 0 aliphatic carbocycles. The Morgan fingerprint density at radius 3 is 2.44 bits per heavy atom. The van der Waals surface area contributed by atoms with Crippen LogP contribution in [0.2, 0.25) is 0 Å². The number of aliphatic hydroxyl groups excluding tert-OH is 1. The van der Waals surface area contributed by atoms with E-state index in [1.165, 1.54) is 18.4 Å². The van der Waals surface area contributed by atoms with Gasteiger partial charge in [-0.05, 0) is 24.7 Å². The first kappa shape index (κ1) is 15.7. The van der Waals surface area contributed by atoms with Crippen molar-refractivity contribution in [3.05, 3.63) is 21.9 Å². The Hall–Kier alpha value is -0.380. The van der Waals surface area contributed by atoms with Gasteiger partial charge < -0.3 is 5.11 Å². The molecule has 1 rings (SSSR count). The third-order valence-electron chi connectivity index (χ3n) is 3.24. The molecule has 2 atom stereocenters. The molecule has 0 saturated carbocycles. The number of hydrogen-bond donors (Lipinski definition) is 1. The van der Waals surface area contributed by atoms with Crippen LogP contribution >= 0.6 is 10.7 Å². The minimum atomic E-state index is 0.138. The van der Waals surface area contributed by atoms with Gasteiger partial charge in [0, 0.05) is 38.8 Å². The quantitative estimate of drug-likeness (QED) is 0.768. The average Bonchev–Trinajstić information content (AvgIpc) is 2.69. The van der Waals surface area contributed by atoms with Crippen LogP contribution in [0.5, 0.6) is 0 Å². The molecule has 1 heterocycles. The zero-order chi connectivity index (χ0) is 13.7. The summed E-state index contributed by atoms with van der Waals surface area (Å²) in [4.78, 5) is 1.54. The zero-order valence-corrected chi connectivity index (χ0v) is 13.3. The van der Waals surface area contributed by atoms with Crippen molar-refractivity contribution in [2.45, 2.75) is 40.0 Å². The largest absolute Gasteiger partial charge is 0.396 e. The zero-order valence-electron chi connectivity index (χ0n) is 12.4. The van der Waals surface area contributed by atoms with E-state index in [1.807, 2.05) is 0 Å². The Bertz CT molecular complexity index is 357. The fourth-order valence-corrected chi connectivity index (χ4v) is 4.10. The summed E-state index contributed by atoms with van der Waals surface area (Å²) in [7, 11) is 4.42. The van der Waals surface area contributed by atoms with Gasteiger partial charge in [-0.1, -0.05) is 20.8 Å². The van der Waals surface area contributed by atoms with Gasteiger partial charge in [-0.15, -0.1) is 4.31 Å². The molecule has 0 radical (unpaired) electrons. The lowest BCUT2D eigenvalue weighted by Gasteiger charge is -2.09. The minimum Gasteiger partial charge on any atom is -0.396 e. The van der Waals surface area contributed by atoms with E-state index in [2.05, 4.69) is 50.6 Å². The summed E-state index contributed by atoms with van der Waals surface area (Å²) in [5.41, 5.74) is 1.51. The maximum absolute atomic E-state index is 9.27. The molecule has 1 N–H and O–H groups in total. The van der Waals surface area contributed by atoms with Gasteiger partial charge in [0.2, 0.25) is 0 Å². The van der Waals surface area contributed by atoms with Crippen LogP contribution in [0.25, 0.3) is 0 Å². The third kappa shape index (κ3) is 4.38. The van der Waals surface area contributed by atoms with Crippen molar-refractivity contribution in [1.29, 1.82) is 0 Å². The van der Waals surface area contributed by atoms with Gasteiger partial charge >= 0.3 is 0 Å².